The van der Waals surface area contributed by atoms with Gasteiger partial charge in [-0.15, -0.1) is 11.6 Å². The Morgan fingerprint density at radius 1 is 1.41 bits per heavy atom. The molecule has 0 bridgehead atoms. The molecule has 0 aliphatic carbocycles. The molecule has 1 unspecified atom stereocenters. The molecule has 0 heterocycles. The Balaban J connectivity index is 2.87. The summed E-state index contributed by atoms with van der Waals surface area (Å²) < 4.78 is 0. The molecule has 0 aromatic heterocycles. The summed E-state index contributed by atoms with van der Waals surface area (Å²) in [6.07, 6.45) is 0.939. The number of rotatable bonds is 5. The summed E-state index contributed by atoms with van der Waals surface area (Å²) in [5, 5.41) is 0. The van der Waals surface area contributed by atoms with Gasteiger partial charge < -0.3 is 4.90 Å². The lowest BCUT2D eigenvalue weighted by Crippen LogP contribution is -2.38. The van der Waals surface area contributed by atoms with Gasteiger partial charge in [0, 0.05) is 12.6 Å². The van der Waals surface area contributed by atoms with E-state index in [2.05, 4.69) is 32.9 Å². The predicted octanol–water partition coefficient (Wildman–Crippen LogP) is 3.36. The van der Waals surface area contributed by atoms with Crippen LogP contribution in [-0.4, -0.2) is 22.7 Å². The van der Waals surface area contributed by atoms with Crippen LogP contribution in [0.2, 0.25) is 0 Å². The Hall–Kier alpha value is -1.02. The van der Waals surface area contributed by atoms with E-state index in [-0.39, 0.29) is 17.8 Å². The van der Waals surface area contributed by atoms with Crippen LogP contribution in [0.25, 0.3) is 0 Å². The van der Waals surface area contributed by atoms with E-state index in [4.69, 9.17) is 11.6 Å². The lowest BCUT2D eigenvalue weighted by Gasteiger charge is -2.28. The number of hydrogen-bond acceptors (Lipinski definition) is 1. The molecule has 1 aromatic rings. The van der Waals surface area contributed by atoms with Gasteiger partial charge in [0.05, 0.1) is 0 Å². The lowest BCUT2D eigenvalue weighted by atomic mass is 10.1. The first kappa shape index (κ1) is 14.0. The molecular weight excluding hydrogens is 234 g/mol. The third-order valence-corrected chi connectivity index (χ3v) is 3.39. The Labute approximate surface area is 109 Å². The van der Waals surface area contributed by atoms with Crippen LogP contribution in [-0.2, 0) is 11.3 Å². The van der Waals surface area contributed by atoms with E-state index >= 15 is 0 Å². The van der Waals surface area contributed by atoms with Crippen LogP contribution in [0.1, 0.15) is 31.4 Å². The van der Waals surface area contributed by atoms with Gasteiger partial charge in [0.1, 0.15) is 5.88 Å². The highest BCUT2D eigenvalue weighted by Crippen LogP contribution is 2.14. The summed E-state index contributed by atoms with van der Waals surface area (Å²) in [4.78, 5) is 13.7. The second-order valence-electron chi connectivity index (χ2n) is 4.34. The Morgan fingerprint density at radius 2 is 2.06 bits per heavy atom. The summed E-state index contributed by atoms with van der Waals surface area (Å²) >= 11 is 5.66. The molecule has 1 rings (SSSR count). The van der Waals surface area contributed by atoms with Crippen molar-refractivity contribution in [2.45, 2.75) is 39.8 Å². The highest BCUT2D eigenvalue weighted by molar-refractivity contribution is 6.27. The third-order valence-electron chi connectivity index (χ3n) is 3.16. The van der Waals surface area contributed by atoms with Crippen molar-refractivity contribution in [2.24, 2.45) is 0 Å². The largest absolute Gasteiger partial charge is 0.335 e. The summed E-state index contributed by atoms with van der Waals surface area (Å²) in [5.74, 6) is 0.0558. The molecule has 3 heteroatoms. The van der Waals surface area contributed by atoms with Gasteiger partial charge in [-0.05, 0) is 31.4 Å². The fourth-order valence-electron chi connectivity index (χ4n) is 1.76. The normalized spacial score (nSPS) is 12.2. The Morgan fingerprint density at radius 3 is 2.59 bits per heavy atom. The molecule has 0 N–H and O–H groups in total. The smallest absolute Gasteiger partial charge is 0.238 e. The van der Waals surface area contributed by atoms with Crippen LogP contribution in [0, 0.1) is 6.92 Å². The molecule has 0 aliphatic heterocycles. The molecule has 0 spiro atoms. The van der Waals surface area contributed by atoms with Gasteiger partial charge in [-0.25, -0.2) is 0 Å². The van der Waals surface area contributed by atoms with E-state index in [9.17, 15) is 4.79 Å². The molecule has 0 radical (unpaired) electrons. The van der Waals surface area contributed by atoms with Crippen molar-refractivity contribution >= 4 is 17.5 Å². The number of halogens is 1. The minimum atomic E-state index is 0.00395. The standard InChI is InChI=1S/C14H20ClNO/c1-4-12(3)16(14(17)9-15)10-13-8-6-5-7-11(13)2/h5-8,12H,4,9-10H2,1-3H3. The molecule has 17 heavy (non-hydrogen) atoms. The van der Waals surface area contributed by atoms with Crippen molar-refractivity contribution in [1.82, 2.24) is 4.90 Å². The van der Waals surface area contributed by atoms with Gasteiger partial charge in [-0.3, -0.25) is 4.79 Å². The first-order valence-corrected chi connectivity index (χ1v) is 6.53. The Bertz CT molecular complexity index is 378. The third kappa shape index (κ3) is 3.74. The summed E-state index contributed by atoms with van der Waals surface area (Å²) in [7, 11) is 0. The number of benzene rings is 1. The van der Waals surface area contributed by atoms with Gasteiger partial charge in [0.15, 0.2) is 0 Å². The quantitative estimate of drug-likeness (QED) is 0.737. The maximum Gasteiger partial charge on any atom is 0.238 e. The van der Waals surface area contributed by atoms with Crippen LogP contribution in [0.4, 0.5) is 0 Å². The highest BCUT2D eigenvalue weighted by Gasteiger charge is 2.18. The molecular formula is C14H20ClNO. The maximum absolute atomic E-state index is 11.8. The lowest BCUT2D eigenvalue weighted by molar-refractivity contribution is -0.131. The van der Waals surface area contributed by atoms with Crippen molar-refractivity contribution < 1.29 is 4.79 Å². The number of amides is 1. The highest BCUT2D eigenvalue weighted by atomic mass is 35.5. The molecule has 1 atom stereocenters. The van der Waals surface area contributed by atoms with Crippen molar-refractivity contribution in [3.63, 3.8) is 0 Å². The van der Waals surface area contributed by atoms with Crippen LogP contribution < -0.4 is 0 Å². The van der Waals surface area contributed by atoms with E-state index in [1.165, 1.54) is 11.1 Å². The van der Waals surface area contributed by atoms with Gasteiger partial charge in [-0.1, -0.05) is 31.2 Å². The monoisotopic (exact) mass is 253 g/mol. The van der Waals surface area contributed by atoms with E-state index in [1.807, 2.05) is 17.0 Å². The van der Waals surface area contributed by atoms with E-state index in [0.29, 0.717) is 6.54 Å². The van der Waals surface area contributed by atoms with Gasteiger partial charge in [0.25, 0.3) is 0 Å². The number of nitrogens with zero attached hydrogens (tertiary/aromatic N) is 1. The Kier molecular flexibility index (Phi) is 5.49. The van der Waals surface area contributed by atoms with E-state index in [1.54, 1.807) is 0 Å². The number of carbonyl (C=O) groups is 1. The van der Waals surface area contributed by atoms with Crippen LogP contribution >= 0.6 is 11.6 Å². The second kappa shape index (κ2) is 6.65. The van der Waals surface area contributed by atoms with Crippen molar-refractivity contribution in [2.75, 3.05) is 5.88 Å². The number of aryl methyl sites for hydroxylation is 1. The fourth-order valence-corrected chi connectivity index (χ4v) is 1.91. The minimum absolute atomic E-state index is 0.00395. The zero-order valence-corrected chi connectivity index (χ0v) is 11.5. The van der Waals surface area contributed by atoms with Crippen LogP contribution in [0.5, 0.6) is 0 Å². The van der Waals surface area contributed by atoms with E-state index < -0.39 is 0 Å². The number of hydrogen-bond donors (Lipinski definition) is 0. The summed E-state index contributed by atoms with van der Waals surface area (Å²) in [6.45, 7) is 6.85. The second-order valence-corrected chi connectivity index (χ2v) is 4.61. The molecule has 0 fully saturated rings. The summed E-state index contributed by atoms with van der Waals surface area (Å²) in [5.41, 5.74) is 2.40. The molecule has 0 saturated carbocycles. The molecule has 1 amide bonds. The molecule has 2 nitrogen and oxygen atoms in total. The molecule has 0 aliphatic rings. The molecule has 1 aromatic carbocycles. The number of alkyl halides is 1. The minimum Gasteiger partial charge on any atom is -0.335 e. The molecule has 0 saturated heterocycles. The zero-order valence-electron chi connectivity index (χ0n) is 10.7. The zero-order chi connectivity index (χ0) is 12.8. The first-order chi connectivity index (χ1) is 8.10. The van der Waals surface area contributed by atoms with Crippen molar-refractivity contribution in [3.8, 4) is 0 Å². The van der Waals surface area contributed by atoms with Crippen molar-refractivity contribution in [1.29, 1.82) is 0 Å². The van der Waals surface area contributed by atoms with Gasteiger partial charge >= 0.3 is 0 Å². The topological polar surface area (TPSA) is 20.3 Å². The van der Waals surface area contributed by atoms with Gasteiger partial charge in [-0.2, -0.15) is 0 Å². The first-order valence-electron chi connectivity index (χ1n) is 6.00. The number of carbonyl (C=O) groups excluding carboxylic acids is 1. The maximum atomic E-state index is 11.8. The molecule has 94 valence electrons. The SMILES string of the molecule is CCC(C)N(Cc1ccccc1C)C(=O)CCl. The average Bonchev–Trinajstić information content (AvgIpc) is 2.36. The van der Waals surface area contributed by atoms with E-state index in [0.717, 1.165) is 6.42 Å². The van der Waals surface area contributed by atoms with Crippen LogP contribution in [0.3, 0.4) is 0 Å². The average molecular weight is 254 g/mol. The van der Waals surface area contributed by atoms with Crippen molar-refractivity contribution in [3.05, 3.63) is 35.4 Å². The summed E-state index contributed by atoms with van der Waals surface area (Å²) in [6, 6.07) is 8.36. The fraction of sp³-hybridized carbons (Fsp3) is 0.500. The predicted molar refractivity (Wildman–Crippen MR) is 72.2 cm³/mol. The van der Waals surface area contributed by atoms with Crippen LogP contribution in [0.15, 0.2) is 24.3 Å². The van der Waals surface area contributed by atoms with Gasteiger partial charge in [0.2, 0.25) is 5.91 Å².